The number of ether oxygens (including phenoxy) is 1. The third-order valence-electron chi connectivity index (χ3n) is 3.36. The van der Waals surface area contributed by atoms with E-state index in [2.05, 4.69) is 0 Å². The van der Waals surface area contributed by atoms with Gasteiger partial charge in [0.25, 0.3) is 5.91 Å². The molecule has 0 radical (unpaired) electrons. The molecule has 1 atom stereocenters. The highest BCUT2D eigenvalue weighted by Crippen LogP contribution is 2.24. The molecule has 0 bridgehead atoms. The molecule has 0 spiro atoms. The molecule has 2 rings (SSSR count). The van der Waals surface area contributed by atoms with Crippen LogP contribution in [0.1, 0.15) is 29.6 Å². The van der Waals surface area contributed by atoms with Crippen LogP contribution in [0, 0.1) is 0 Å². The van der Waals surface area contributed by atoms with Crippen molar-refractivity contribution in [3.8, 4) is 0 Å². The molecule has 19 heavy (non-hydrogen) atoms. The third-order valence-corrected chi connectivity index (χ3v) is 3.67. The van der Waals surface area contributed by atoms with Crippen molar-refractivity contribution in [2.45, 2.75) is 25.4 Å². The molecule has 0 aliphatic carbocycles. The fraction of sp³-hybridized carbons (Fsp3) is 0.500. The molecule has 4 nitrogen and oxygen atoms in total. The largest absolute Gasteiger partial charge is 0.398 e. The van der Waals surface area contributed by atoms with Gasteiger partial charge in [-0.25, -0.2) is 0 Å². The molecule has 1 aliphatic heterocycles. The van der Waals surface area contributed by atoms with Gasteiger partial charge in [0.2, 0.25) is 0 Å². The molecule has 1 fully saturated rings. The number of benzene rings is 1. The summed E-state index contributed by atoms with van der Waals surface area (Å²) in [6, 6.07) is 5.10. The maximum absolute atomic E-state index is 12.4. The lowest BCUT2D eigenvalue weighted by atomic mass is 10.1. The van der Waals surface area contributed by atoms with E-state index in [-0.39, 0.29) is 12.0 Å². The number of anilines is 1. The number of nitrogen functional groups attached to an aromatic ring is 1. The highest BCUT2D eigenvalue weighted by Gasteiger charge is 2.22. The Morgan fingerprint density at radius 1 is 1.53 bits per heavy atom. The molecule has 0 saturated carbocycles. The first-order chi connectivity index (χ1) is 9.09. The van der Waals surface area contributed by atoms with Gasteiger partial charge in [0.05, 0.1) is 16.7 Å². The van der Waals surface area contributed by atoms with E-state index in [0.29, 0.717) is 22.8 Å². The van der Waals surface area contributed by atoms with E-state index in [4.69, 9.17) is 22.1 Å². The lowest BCUT2D eigenvalue weighted by Crippen LogP contribution is -2.37. The standard InChI is InChI=1S/C14H19ClN2O2/c1-17(9-10-5-2-3-8-19-10)14(18)13-11(15)6-4-7-12(13)16/h4,6-7,10H,2-3,5,8-9,16H2,1H3. The molecule has 5 heteroatoms. The average Bonchev–Trinajstić information content (AvgIpc) is 2.39. The summed E-state index contributed by atoms with van der Waals surface area (Å²) in [5.41, 5.74) is 6.62. The zero-order valence-corrected chi connectivity index (χ0v) is 11.8. The maximum Gasteiger partial charge on any atom is 0.257 e. The molecule has 1 heterocycles. The normalized spacial score (nSPS) is 19.2. The Bertz CT molecular complexity index is 439. The van der Waals surface area contributed by atoms with Crippen LogP contribution in [0.5, 0.6) is 0 Å². The Kier molecular flexibility index (Phi) is 4.66. The summed E-state index contributed by atoms with van der Waals surface area (Å²) in [6.45, 7) is 1.35. The number of carbonyl (C=O) groups is 1. The summed E-state index contributed by atoms with van der Waals surface area (Å²) in [7, 11) is 1.75. The summed E-state index contributed by atoms with van der Waals surface area (Å²) < 4.78 is 5.64. The van der Waals surface area contributed by atoms with Crippen LogP contribution in [-0.2, 0) is 4.74 Å². The number of nitrogens with zero attached hydrogens (tertiary/aromatic N) is 1. The van der Waals surface area contributed by atoms with Crippen LogP contribution in [0.3, 0.4) is 0 Å². The predicted molar refractivity (Wildman–Crippen MR) is 76.4 cm³/mol. The van der Waals surface area contributed by atoms with Crippen molar-refractivity contribution in [1.82, 2.24) is 4.90 Å². The van der Waals surface area contributed by atoms with Gasteiger partial charge in [0.1, 0.15) is 0 Å². The number of likely N-dealkylation sites (N-methyl/N-ethyl adjacent to an activating group) is 1. The molecule has 1 aromatic rings. The van der Waals surface area contributed by atoms with Gasteiger partial charge in [-0.05, 0) is 31.4 Å². The topological polar surface area (TPSA) is 55.6 Å². The Morgan fingerprint density at radius 3 is 2.95 bits per heavy atom. The number of carbonyl (C=O) groups excluding carboxylic acids is 1. The SMILES string of the molecule is CN(CC1CCCCO1)C(=O)c1c(N)cccc1Cl. The van der Waals surface area contributed by atoms with E-state index in [9.17, 15) is 4.79 Å². The van der Waals surface area contributed by atoms with Gasteiger partial charge in [0, 0.05) is 25.9 Å². The Hall–Kier alpha value is -1.26. The van der Waals surface area contributed by atoms with E-state index >= 15 is 0 Å². The van der Waals surface area contributed by atoms with Gasteiger partial charge in [-0.1, -0.05) is 17.7 Å². The highest BCUT2D eigenvalue weighted by molar-refractivity contribution is 6.34. The third kappa shape index (κ3) is 3.39. The molecule has 1 aliphatic rings. The van der Waals surface area contributed by atoms with Crippen LogP contribution in [0.2, 0.25) is 5.02 Å². The first kappa shape index (κ1) is 14.2. The van der Waals surface area contributed by atoms with E-state index in [1.165, 1.54) is 0 Å². The second-order valence-corrected chi connectivity index (χ2v) is 5.29. The zero-order chi connectivity index (χ0) is 13.8. The molecule has 1 unspecified atom stereocenters. The van der Waals surface area contributed by atoms with Crippen LogP contribution in [0.4, 0.5) is 5.69 Å². The number of hydrogen-bond acceptors (Lipinski definition) is 3. The summed E-state index contributed by atoms with van der Waals surface area (Å²) in [4.78, 5) is 14.0. The Labute approximate surface area is 118 Å². The van der Waals surface area contributed by atoms with Gasteiger partial charge < -0.3 is 15.4 Å². The van der Waals surface area contributed by atoms with Gasteiger partial charge in [0.15, 0.2) is 0 Å². The Morgan fingerprint density at radius 2 is 2.32 bits per heavy atom. The van der Waals surface area contributed by atoms with Gasteiger partial charge in [-0.2, -0.15) is 0 Å². The quantitative estimate of drug-likeness (QED) is 0.867. The molecule has 104 valence electrons. The lowest BCUT2D eigenvalue weighted by molar-refractivity contribution is -0.000167. The van der Waals surface area contributed by atoms with Crippen LogP contribution < -0.4 is 5.73 Å². The number of rotatable bonds is 3. The van der Waals surface area contributed by atoms with Crippen LogP contribution in [0.15, 0.2) is 18.2 Å². The second kappa shape index (κ2) is 6.26. The first-order valence-electron chi connectivity index (χ1n) is 6.50. The van der Waals surface area contributed by atoms with E-state index < -0.39 is 0 Å². The Balaban J connectivity index is 2.06. The molecule has 1 amide bonds. The summed E-state index contributed by atoms with van der Waals surface area (Å²) in [5, 5.41) is 0.390. The minimum Gasteiger partial charge on any atom is -0.398 e. The van der Waals surface area contributed by atoms with Crippen molar-refractivity contribution in [1.29, 1.82) is 0 Å². The molecule has 1 aromatic carbocycles. The predicted octanol–water partition coefficient (Wildman–Crippen LogP) is 2.56. The fourth-order valence-electron chi connectivity index (χ4n) is 2.30. The number of halogens is 1. The molecule has 1 saturated heterocycles. The van der Waals surface area contributed by atoms with Crippen LogP contribution in [-0.4, -0.2) is 37.1 Å². The molecule has 0 aromatic heterocycles. The van der Waals surface area contributed by atoms with Gasteiger partial charge in [-0.15, -0.1) is 0 Å². The summed E-state index contributed by atoms with van der Waals surface area (Å²) in [6.07, 6.45) is 3.37. The van der Waals surface area contributed by atoms with Crippen LogP contribution >= 0.6 is 11.6 Å². The molecule has 2 N–H and O–H groups in total. The number of hydrogen-bond donors (Lipinski definition) is 1. The lowest BCUT2D eigenvalue weighted by Gasteiger charge is -2.27. The minimum absolute atomic E-state index is 0.117. The minimum atomic E-state index is -0.155. The van der Waals surface area contributed by atoms with Crippen molar-refractivity contribution in [2.75, 3.05) is 25.9 Å². The van der Waals surface area contributed by atoms with Crippen molar-refractivity contribution < 1.29 is 9.53 Å². The summed E-state index contributed by atoms with van der Waals surface area (Å²) >= 11 is 6.05. The molecular formula is C14H19ClN2O2. The van der Waals surface area contributed by atoms with E-state index in [1.807, 2.05) is 0 Å². The van der Waals surface area contributed by atoms with Gasteiger partial charge in [-0.3, -0.25) is 4.79 Å². The fourth-order valence-corrected chi connectivity index (χ4v) is 2.56. The molecular weight excluding hydrogens is 264 g/mol. The van der Waals surface area contributed by atoms with Crippen LogP contribution in [0.25, 0.3) is 0 Å². The monoisotopic (exact) mass is 282 g/mol. The average molecular weight is 283 g/mol. The number of amides is 1. The summed E-state index contributed by atoms with van der Waals surface area (Å²) in [5.74, 6) is -0.155. The van der Waals surface area contributed by atoms with Gasteiger partial charge >= 0.3 is 0 Å². The van der Waals surface area contributed by atoms with Crippen molar-refractivity contribution in [3.05, 3.63) is 28.8 Å². The first-order valence-corrected chi connectivity index (χ1v) is 6.88. The van der Waals surface area contributed by atoms with Crippen molar-refractivity contribution >= 4 is 23.2 Å². The van der Waals surface area contributed by atoms with E-state index in [0.717, 1.165) is 25.9 Å². The van der Waals surface area contributed by atoms with Crippen molar-refractivity contribution in [3.63, 3.8) is 0 Å². The van der Waals surface area contributed by atoms with Crippen molar-refractivity contribution in [2.24, 2.45) is 0 Å². The smallest absolute Gasteiger partial charge is 0.257 e. The highest BCUT2D eigenvalue weighted by atomic mass is 35.5. The zero-order valence-electron chi connectivity index (χ0n) is 11.1. The number of nitrogens with two attached hydrogens (primary N) is 1. The second-order valence-electron chi connectivity index (χ2n) is 4.88. The van der Waals surface area contributed by atoms with E-state index in [1.54, 1.807) is 30.1 Å². The maximum atomic E-state index is 12.4.